The van der Waals surface area contributed by atoms with Gasteiger partial charge in [-0.2, -0.15) is 5.10 Å². The zero-order valence-corrected chi connectivity index (χ0v) is 10.6. The molecule has 19 heavy (non-hydrogen) atoms. The first-order valence-electron chi connectivity index (χ1n) is 5.88. The summed E-state index contributed by atoms with van der Waals surface area (Å²) in [7, 11) is 1.86. The Labute approximate surface area is 110 Å². The molecule has 0 atom stereocenters. The first-order valence-corrected chi connectivity index (χ1v) is 5.88. The van der Waals surface area contributed by atoms with E-state index in [4.69, 9.17) is 5.84 Å². The Balaban J connectivity index is 1.87. The molecule has 0 aliphatic heterocycles. The number of amides is 1. The number of hydrogen-bond acceptors (Lipinski definition) is 5. The maximum atomic E-state index is 11.8. The lowest BCUT2D eigenvalue weighted by molar-refractivity contribution is 0.0949. The number of nitrogens with one attached hydrogen (secondary N) is 2. The number of carbonyl (C=O) groups is 1. The second kappa shape index (κ2) is 5.96. The standard InChI is InChI=1S/C12H16N6O/c1-18-7-4-9(17-18)2-6-15-12(19)11-8-10(16-13)3-5-14-11/h3-5,7-8H,2,6,13H2,1H3,(H,14,16)(H,15,19). The summed E-state index contributed by atoms with van der Waals surface area (Å²) in [6.07, 6.45) is 4.08. The van der Waals surface area contributed by atoms with Gasteiger partial charge in [-0.3, -0.25) is 20.3 Å². The molecule has 4 N–H and O–H groups in total. The molecule has 0 saturated heterocycles. The van der Waals surface area contributed by atoms with Crippen molar-refractivity contribution >= 4 is 11.6 Å². The van der Waals surface area contributed by atoms with E-state index in [0.717, 1.165) is 5.69 Å². The average molecular weight is 260 g/mol. The number of hydrogen-bond donors (Lipinski definition) is 3. The van der Waals surface area contributed by atoms with Crippen LogP contribution in [0.4, 0.5) is 5.69 Å². The van der Waals surface area contributed by atoms with Crippen LogP contribution in [0.1, 0.15) is 16.2 Å². The monoisotopic (exact) mass is 260 g/mol. The second-order valence-corrected chi connectivity index (χ2v) is 4.06. The van der Waals surface area contributed by atoms with Gasteiger partial charge in [0.15, 0.2) is 0 Å². The van der Waals surface area contributed by atoms with Gasteiger partial charge in [-0.25, -0.2) is 0 Å². The van der Waals surface area contributed by atoms with E-state index in [9.17, 15) is 4.79 Å². The highest BCUT2D eigenvalue weighted by Gasteiger charge is 2.07. The number of aryl methyl sites for hydroxylation is 1. The van der Waals surface area contributed by atoms with Gasteiger partial charge in [0, 0.05) is 32.4 Å². The van der Waals surface area contributed by atoms with Crippen LogP contribution >= 0.6 is 0 Å². The molecule has 0 aliphatic rings. The van der Waals surface area contributed by atoms with E-state index in [0.29, 0.717) is 24.3 Å². The summed E-state index contributed by atoms with van der Waals surface area (Å²) in [5.41, 5.74) is 4.39. The summed E-state index contributed by atoms with van der Waals surface area (Å²) >= 11 is 0. The molecular formula is C12H16N6O. The van der Waals surface area contributed by atoms with Crippen molar-refractivity contribution in [3.8, 4) is 0 Å². The van der Waals surface area contributed by atoms with Crippen LogP contribution in [-0.2, 0) is 13.5 Å². The predicted octanol–water partition coefficient (Wildman–Crippen LogP) is 0.0732. The largest absolute Gasteiger partial charge is 0.350 e. The highest BCUT2D eigenvalue weighted by molar-refractivity contribution is 5.93. The predicted molar refractivity (Wildman–Crippen MR) is 71.3 cm³/mol. The highest BCUT2D eigenvalue weighted by atomic mass is 16.1. The molecule has 0 radical (unpaired) electrons. The molecule has 0 bridgehead atoms. The summed E-state index contributed by atoms with van der Waals surface area (Å²) in [5.74, 6) is 5.05. The Morgan fingerprint density at radius 2 is 2.32 bits per heavy atom. The minimum absolute atomic E-state index is 0.229. The molecule has 0 saturated carbocycles. The normalized spacial score (nSPS) is 10.2. The first-order chi connectivity index (χ1) is 9.19. The zero-order valence-electron chi connectivity index (χ0n) is 10.6. The summed E-state index contributed by atoms with van der Waals surface area (Å²) < 4.78 is 1.73. The Kier molecular flexibility index (Phi) is 4.09. The van der Waals surface area contributed by atoms with Gasteiger partial charge < -0.3 is 10.7 Å². The molecular weight excluding hydrogens is 244 g/mol. The lowest BCUT2D eigenvalue weighted by atomic mass is 10.3. The Morgan fingerprint density at radius 1 is 1.47 bits per heavy atom. The van der Waals surface area contributed by atoms with Gasteiger partial charge in [-0.05, 0) is 18.2 Å². The minimum atomic E-state index is -0.229. The van der Waals surface area contributed by atoms with Crippen LogP contribution in [-0.4, -0.2) is 27.2 Å². The van der Waals surface area contributed by atoms with Crippen LogP contribution in [0.3, 0.4) is 0 Å². The fraction of sp³-hybridized carbons (Fsp3) is 0.250. The van der Waals surface area contributed by atoms with Crippen LogP contribution < -0.4 is 16.6 Å². The van der Waals surface area contributed by atoms with Gasteiger partial charge in [-0.15, -0.1) is 0 Å². The smallest absolute Gasteiger partial charge is 0.269 e. The number of nitrogens with two attached hydrogens (primary N) is 1. The summed E-state index contributed by atoms with van der Waals surface area (Å²) in [5, 5.41) is 7.02. The minimum Gasteiger partial charge on any atom is -0.350 e. The van der Waals surface area contributed by atoms with E-state index in [1.165, 1.54) is 6.20 Å². The van der Waals surface area contributed by atoms with Crippen molar-refractivity contribution in [2.24, 2.45) is 12.9 Å². The number of carbonyl (C=O) groups excluding carboxylic acids is 1. The molecule has 100 valence electrons. The molecule has 2 heterocycles. The van der Waals surface area contributed by atoms with Crippen molar-refractivity contribution < 1.29 is 4.79 Å². The number of nitrogens with zero attached hydrogens (tertiary/aromatic N) is 3. The summed E-state index contributed by atoms with van der Waals surface area (Å²) in [6.45, 7) is 0.512. The Hall–Kier alpha value is -2.41. The molecule has 2 aromatic heterocycles. The molecule has 7 nitrogen and oxygen atoms in total. The second-order valence-electron chi connectivity index (χ2n) is 4.06. The Morgan fingerprint density at radius 3 is 3.00 bits per heavy atom. The van der Waals surface area contributed by atoms with Crippen LogP contribution in [0.25, 0.3) is 0 Å². The highest BCUT2D eigenvalue weighted by Crippen LogP contribution is 2.05. The average Bonchev–Trinajstić information content (AvgIpc) is 2.84. The lowest BCUT2D eigenvalue weighted by Gasteiger charge is -2.05. The van der Waals surface area contributed by atoms with E-state index in [1.54, 1.807) is 16.8 Å². The molecule has 0 aromatic carbocycles. The van der Waals surface area contributed by atoms with E-state index in [2.05, 4.69) is 20.8 Å². The van der Waals surface area contributed by atoms with Crippen molar-refractivity contribution in [2.75, 3.05) is 12.0 Å². The van der Waals surface area contributed by atoms with Crippen LogP contribution in [0.15, 0.2) is 30.6 Å². The fourth-order valence-electron chi connectivity index (χ4n) is 1.64. The van der Waals surface area contributed by atoms with Crippen molar-refractivity contribution in [3.05, 3.63) is 42.0 Å². The molecule has 0 unspecified atom stereocenters. The number of rotatable bonds is 5. The molecule has 7 heteroatoms. The quantitative estimate of drug-likeness (QED) is 0.522. The Bertz CT molecular complexity index is 565. The van der Waals surface area contributed by atoms with Gasteiger partial charge in [0.25, 0.3) is 5.91 Å². The van der Waals surface area contributed by atoms with Gasteiger partial charge in [0.2, 0.25) is 0 Å². The maximum Gasteiger partial charge on any atom is 0.269 e. The molecule has 0 fully saturated rings. The molecule has 2 aromatic rings. The topological polar surface area (TPSA) is 97.9 Å². The van der Waals surface area contributed by atoms with Crippen molar-refractivity contribution in [1.29, 1.82) is 0 Å². The lowest BCUT2D eigenvalue weighted by Crippen LogP contribution is -2.26. The fourth-order valence-corrected chi connectivity index (χ4v) is 1.64. The summed E-state index contributed by atoms with van der Waals surface area (Å²) in [4.78, 5) is 15.8. The number of aromatic nitrogens is 3. The molecule has 2 rings (SSSR count). The number of nitrogen functional groups attached to an aromatic ring is 1. The van der Waals surface area contributed by atoms with Gasteiger partial charge >= 0.3 is 0 Å². The van der Waals surface area contributed by atoms with E-state index < -0.39 is 0 Å². The van der Waals surface area contributed by atoms with E-state index >= 15 is 0 Å². The molecule has 0 spiro atoms. The summed E-state index contributed by atoms with van der Waals surface area (Å²) in [6, 6.07) is 5.20. The SMILES string of the molecule is Cn1ccc(CCNC(=O)c2cc(NN)ccn2)n1. The van der Waals surface area contributed by atoms with E-state index in [1.807, 2.05) is 19.3 Å². The van der Waals surface area contributed by atoms with Crippen LogP contribution in [0, 0.1) is 0 Å². The van der Waals surface area contributed by atoms with Crippen LogP contribution in [0.2, 0.25) is 0 Å². The van der Waals surface area contributed by atoms with E-state index in [-0.39, 0.29) is 5.91 Å². The zero-order chi connectivity index (χ0) is 13.7. The third-order valence-corrected chi connectivity index (χ3v) is 2.59. The van der Waals surface area contributed by atoms with Gasteiger partial charge in [0.05, 0.1) is 11.4 Å². The third-order valence-electron chi connectivity index (χ3n) is 2.59. The number of pyridine rings is 1. The van der Waals surface area contributed by atoms with Crippen LogP contribution in [0.5, 0.6) is 0 Å². The third kappa shape index (κ3) is 3.52. The van der Waals surface area contributed by atoms with Crippen molar-refractivity contribution in [1.82, 2.24) is 20.1 Å². The van der Waals surface area contributed by atoms with Crippen molar-refractivity contribution in [2.45, 2.75) is 6.42 Å². The van der Waals surface area contributed by atoms with Gasteiger partial charge in [-0.1, -0.05) is 0 Å². The van der Waals surface area contributed by atoms with Crippen molar-refractivity contribution in [3.63, 3.8) is 0 Å². The molecule has 1 amide bonds. The van der Waals surface area contributed by atoms with Gasteiger partial charge in [0.1, 0.15) is 5.69 Å². The number of hydrazine groups is 1. The first kappa shape index (κ1) is 13.0. The number of anilines is 1. The maximum absolute atomic E-state index is 11.8. The molecule has 0 aliphatic carbocycles.